The van der Waals surface area contributed by atoms with Crippen LogP contribution in [0.5, 0.6) is 0 Å². The second-order valence-electron chi connectivity index (χ2n) is 7.14. The summed E-state index contributed by atoms with van der Waals surface area (Å²) in [6, 6.07) is 10.7. The van der Waals surface area contributed by atoms with E-state index in [9.17, 15) is 0 Å². The quantitative estimate of drug-likeness (QED) is 0.783. The maximum Gasteiger partial charge on any atom is 0.173 e. The van der Waals surface area contributed by atoms with E-state index in [-0.39, 0.29) is 12.1 Å². The van der Waals surface area contributed by atoms with Gasteiger partial charge in [-0.15, -0.1) is 5.10 Å². The predicted octanol–water partition coefficient (Wildman–Crippen LogP) is 1.58. The molecule has 2 saturated heterocycles. The van der Waals surface area contributed by atoms with E-state index in [4.69, 9.17) is 4.74 Å². The Balaban J connectivity index is 1.60. The Morgan fingerprint density at radius 2 is 1.96 bits per heavy atom. The SMILES string of the molecule is CCN1CCN([C@@H](c2ccccc2)c2nnnn2C[C@H]2CCCO2)CC1. The van der Waals surface area contributed by atoms with Crippen LogP contribution in [-0.2, 0) is 11.3 Å². The number of benzene rings is 1. The van der Waals surface area contributed by atoms with E-state index in [1.165, 1.54) is 5.56 Å². The summed E-state index contributed by atoms with van der Waals surface area (Å²) in [5.41, 5.74) is 1.25. The molecule has 4 rings (SSSR count). The molecule has 0 bridgehead atoms. The maximum atomic E-state index is 5.80. The highest BCUT2D eigenvalue weighted by Crippen LogP contribution is 2.28. The van der Waals surface area contributed by atoms with Crippen LogP contribution in [0.4, 0.5) is 0 Å². The predicted molar refractivity (Wildman–Crippen MR) is 98.8 cm³/mol. The van der Waals surface area contributed by atoms with Crippen LogP contribution < -0.4 is 0 Å². The van der Waals surface area contributed by atoms with Gasteiger partial charge in [-0.2, -0.15) is 0 Å². The molecule has 0 amide bonds. The molecule has 140 valence electrons. The summed E-state index contributed by atoms with van der Waals surface area (Å²) in [6.45, 7) is 9.16. The highest BCUT2D eigenvalue weighted by Gasteiger charge is 2.31. The molecule has 2 aromatic rings. The van der Waals surface area contributed by atoms with Crippen LogP contribution in [-0.4, -0.2) is 75.4 Å². The minimum atomic E-state index is 0.0895. The molecule has 0 unspecified atom stereocenters. The highest BCUT2D eigenvalue weighted by atomic mass is 16.5. The van der Waals surface area contributed by atoms with Gasteiger partial charge in [0.05, 0.1) is 18.7 Å². The summed E-state index contributed by atoms with van der Waals surface area (Å²) >= 11 is 0. The lowest BCUT2D eigenvalue weighted by Crippen LogP contribution is -2.48. The fourth-order valence-corrected chi connectivity index (χ4v) is 4.01. The second-order valence-corrected chi connectivity index (χ2v) is 7.14. The molecule has 0 N–H and O–H groups in total. The van der Waals surface area contributed by atoms with Crippen LogP contribution in [0.15, 0.2) is 30.3 Å². The topological polar surface area (TPSA) is 59.3 Å². The number of piperazine rings is 1. The normalized spacial score (nSPS) is 23.3. The van der Waals surface area contributed by atoms with Gasteiger partial charge in [0.15, 0.2) is 5.82 Å². The molecule has 7 heteroatoms. The largest absolute Gasteiger partial charge is 0.376 e. The Hall–Kier alpha value is -1.83. The summed E-state index contributed by atoms with van der Waals surface area (Å²) < 4.78 is 7.76. The minimum Gasteiger partial charge on any atom is -0.376 e. The van der Waals surface area contributed by atoms with E-state index < -0.39 is 0 Å². The first-order valence-electron chi connectivity index (χ1n) is 9.74. The lowest BCUT2D eigenvalue weighted by Gasteiger charge is -2.38. The zero-order valence-corrected chi connectivity index (χ0v) is 15.5. The molecule has 3 heterocycles. The third kappa shape index (κ3) is 3.79. The van der Waals surface area contributed by atoms with E-state index >= 15 is 0 Å². The highest BCUT2D eigenvalue weighted by molar-refractivity contribution is 5.25. The van der Waals surface area contributed by atoms with Crippen LogP contribution in [0.1, 0.15) is 37.2 Å². The lowest BCUT2D eigenvalue weighted by molar-refractivity contribution is 0.0861. The number of tetrazole rings is 1. The zero-order chi connectivity index (χ0) is 17.8. The monoisotopic (exact) mass is 356 g/mol. The van der Waals surface area contributed by atoms with Crippen LogP contribution in [0.3, 0.4) is 0 Å². The van der Waals surface area contributed by atoms with Gasteiger partial charge in [0.1, 0.15) is 0 Å². The van der Waals surface area contributed by atoms with Crippen LogP contribution >= 0.6 is 0 Å². The molecule has 2 atom stereocenters. The van der Waals surface area contributed by atoms with Gasteiger partial charge in [-0.1, -0.05) is 37.3 Å². The number of nitrogens with zero attached hydrogens (tertiary/aromatic N) is 6. The summed E-state index contributed by atoms with van der Waals surface area (Å²) in [5, 5.41) is 12.7. The number of likely N-dealkylation sites (N-methyl/N-ethyl adjacent to an activating group) is 1. The summed E-state index contributed by atoms with van der Waals surface area (Å²) in [7, 11) is 0. The Morgan fingerprint density at radius 3 is 2.65 bits per heavy atom. The van der Waals surface area contributed by atoms with E-state index in [0.29, 0.717) is 0 Å². The van der Waals surface area contributed by atoms with Crippen molar-refractivity contribution in [1.29, 1.82) is 0 Å². The Morgan fingerprint density at radius 1 is 1.15 bits per heavy atom. The van der Waals surface area contributed by atoms with Crippen molar-refractivity contribution >= 4 is 0 Å². The van der Waals surface area contributed by atoms with Crippen molar-refractivity contribution < 1.29 is 4.74 Å². The molecule has 1 aromatic carbocycles. The maximum absolute atomic E-state index is 5.80. The van der Waals surface area contributed by atoms with E-state index in [2.05, 4.69) is 62.6 Å². The summed E-state index contributed by atoms with van der Waals surface area (Å²) in [5.74, 6) is 0.927. The minimum absolute atomic E-state index is 0.0895. The van der Waals surface area contributed by atoms with Gasteiger partial charge >= 0.3 is 0 Å². The molecule has 0 spiro atoms. The molecule has 26 heavy (non-hydrogen) atoms. The molecular formula is C19H28N6O. The first kappa shape index (κ1) is 17.6. The summed E-state index contributed by atoms with van der Waals surface area (Å²) in [4.78, 5) is 5.01. The van der Waals surface area contributed by atoms with Gasteiger partial charge in [-0.3, -0.25) is 4.90 Å². The second kappa shape index (κ2) is 8.24. The zero-order valence-electron chi connectivity index (χ0n) is 15.5. The van der Waals surface area contributed by atoms with Gasteiger partial charge in [0.25, 0.3) is 0 Å². The van der Waals surface area contributed by atoms with Crippen LogP contribution in [0.2, 0.25) is 0 Å². The van der Waals surface area contributed by atoms with Crippen LogP contribution in [0, 0.1) is 0 Å². The Labute approximate surface area is 154 Å². The Bertz CT molecular complexity index is 676. The van der Waals surface area contributed by atoms with Crippen molar-refractivity contribution in [3.8, 4) is 0 Å². The van der Waals surface area contributed by atoms with Crippen molar-refractivity contribution in [3.05, 3.63) is 41.7 Å². The third-order valence-electron chi connectivity index (χ3n) is 5.54. The third-order valence-corrected chi connectivity index (χ3v) is 5.54. The number of hydrogen-bond acceptors (Lipinski definition) is 6. The molecule has 0 saturated carbocycles. The number of ether oxygens (including phenoxy) is 1. The standard InChI is InChI=1S/C19H28N6O/c1-2-23-10-12-24(13-11-23)18(16-7-4-3-5-8-16)19-20-21-22-25(19)15-17-9-6-14-26-17/h3-5,7-8,17-18H,2,6,9-15H2,1H3/t17-,18+/m1/s1. The Kier molecular flexibility index (Phi) is 5.57. The average molecular weight is 356 g/mol. The van der Waals surface area contributed by atoms with Gasteiger partial charge in [-0.25, -0.2) is 4.68 Å². The lowest BCUT2D eigenvalue weighted by atomic mass is 10.0. The molecule has 0 aliphatic carbocycles. The van der Waals surface area contributed by atoms with Gasteiger partial charge < -0.3 is 9.64 Å². The van der Waals surface area contributed by atoms with Gasteiger partial charge in [0, 0.05) is 32.8 Å². The van der Waals surface area contributed by atoms with Crippen molar-refractivity contribution in [2.75, 3.05) is 39.3 Å². The first-order chi connectivity index (χ1) is 12.8. The molecular weight excluding hydrogens is 328 g/mol. The van der Waals surface area contributed by atoms with Gasteiger partial charge in [-0.05, 0) is 35.4 Å². The fourth-order valence-electron chi connectivity index (χ4n) is 4.01. The number of rotatable bonds is 6. The van der Waals surface area contributed by atoms with E-state index in [1.54, 1.807) is 0 Å². The van der Waals surface area contributed by atoms with Gasteiger partial charge in [0.2, 0.25) is 0 Å². The molecule has 2 aliphatic rings. The fraction of sp³-hybridized carbons (Fsp3) is 0.632. The van der Waals surface area contributed by atoms with Crippen molar-refractivity contribution in [2.24, 2.45) is 0 Å². The molecule has 7 nitrogen and oxygen atoms in total. The first-order valence-corrected chi connectivity index (χ1v) is 9.74. The number of aromatic nitrogens is 4. The van der Waals surface area contributed by atoms with Crippen molar-refractivity contribution in [1.82, 2.24) is 30.0 Å². The number of hydrogen-bond donors (Lipinski definition) is 0. The molecule has 1 aromatic heterocycles. The van der Waals surface area contributed by atoms with E-state index in [1.807, 2.05) is 4.68 Å². The molecule has 2 aliphatic heterocycles. The van der Waals surface area contributed by atoms with Crippen molar-refractivity contribution in [3.63, 3.8) is 0 Å². The van der Waals surface area contributed by atoms with Crippen molar-refractivity contribution in [2.45, 2.75) is 38.5 Å². The average Bonchev–Trinajstić information content (AvgIpc) is 3.37. The molecule has 2 fully saturated rings. The van der Waals surface area contributed by atoms with Crippen LogP contribution in [0.25, 0.3) is 0 Å². The smallest absolute Gasteiger partial charge is 0.173 e. The molecule has 0 radical (unpaired) electrons. The van der Waals surface area contributed by atoms with E-state index in [0.717, 1.165) is 64.5 Å². The summed E-state index contributed by atoms with van der Waals surface area (Å²) in [6.07, 6.45) is 2.44.